The topological polar surface area (TPSA) is 229 Å². The number of aliphatic carboxylic acids is 2. The Labute approximate surface area is 256 Å². The molecule has 15 nitrogen and oxygen atoms in total. The van der Waals surface area contributed by atoms with Gasteiger partial charge in [0.25, 0.3) is 5.91 Å². The summed E-state index contributed by atoms with van der Waals surface area (Å²) in [5, 5.41) is 30.2. The molecule has 0 aliphatic heterocycles. The van der Waals surface area contributed by atoms with Crippen molar-refractivity contribution in [2.75, 3.05) is 11.9 Å². The van der Waals surface area contributed by atoms with Crippen LogP contribution in [0.1, 0.15) is 28.2 Å². The molecule has 0 aliphatic rings. The lowest BCUT2D eigenvalue weighted by molar-refractivity contribution is -0.192. The van der Waals surface area contributed by atoms with Gasteiger partial charge in [-0.25, -0.2) is 14.6 Å². The number of nitrogens with zero attached hydrogens (tertiary/aromatic N) is 2. The lowest BCUT2D eigenvalue weighted by atomic mass is 10.2. The van der Waals surface area contributed by atoms with Crippen LogP contribution in [0.4, 0.5) is 23.1 Å². The highest BCUT2D eigenvalue weighted by Crippen LogP contribution is 2.15. The number of nitrogens with one attached hydrogen (secondary N) is 5. The number of carbonyl (C=O) groups is 6. The summed E-state index contributed by atoms with van der Waals surface area (Å²) in [6.07, 6.45) is -4.19. The molecule has 0 saturated heterocycles. The third-order valence-corrected chi connectivity index (χ3v) is 5.86. The van der Waals surface area contributed by atoms with Crippen LogP contribution >= 0.6 is 11.3 Å². The number of benzene rings is 1. The maximum atomic E-state index is 12.4. The molecule has 0 saturated carbocycles. The number of anilines is 1. The average Bonchev–Trinajstić information content (AvgIpc) is 3.46. The zero-order chi connectivity index (χ0) is 33.4. The third-order valence-electron chi connectivity index (χ3n) is 5.11. The minimum Gasteiger partial charge on any atom is -0.481 e. The van der Waals surface area contributed by atoms with Crippen LogP contribution in [0.2, 0.25) is 0 Å². The molecule has 0 unspecified atom stereocenters. The second-order valence-electron chi connectivity index (χ2n) is 8.57. The molecule has 19 heteroatoms. The van der Waals surface area contributed by atoms with Gasteiger partial charge in [-0.2, -0.15) is 13.2 Å². The van der Waals surface area contributed by atoms with Crippen molar-refractivity contribution in [3.63, 3.8) is 0 Å². The van der Waals surface area contributed by atoms with Crippen molar-refractivity contribution in [3.8, 4) is 0 Å². The van der Waals surface area contributed by atoms with Crippen molar-refractivity contribution in [3.05, 3.63) is 77.1 Å². The standard InChI is InChI=1S/C24H25N7O6S.C2HF3O2/c32-19(29-17(10-20(33)34)21(35)26-12-16-8-4-5-9-25-16)13-27-22(36)18-14-38-24(30-18)31-23(37)28-11-15-6-2-1-3-7-15;3-2(4,5)1(6)7/h1-9,14,17H,10-13H2,(H,26,35)(H,27,36)(H,29,32)(H,33,34)(H2,28,30,31,37);(H,6,7)/t17-;/m0./s1. The van der Waals surface area contributed by atoms with Crippen molar-refractivity contribution in [1.82, 2.24) is 31.2 Å². The molecular formula is C26H26F3N7O8S. The lowest BCUT2D eigenvalue weighted by Crippen LogP contribution is -2.50. The van der Waals surface area contributed by atoms with Gasteiger partial charge < -0.3 is 31.5 Å². The fraction of sp³-hybridized carbons (Fsp3) is 0.231. The molecule has 0 bridgehead atoms. The largest absolute Gasteiger partial charge is 0.490 e. The number of aromatic nitrogens is 2. The van der Waals surface area contributed by atoms with E-state index in [1.165, 1.54) is 5.38 Å². The van der Waals surface area contributed by atoms with Crippen LogP contribution in [-0.2, 0) is 32.3 Å². The highest BCUT2D eigenvalue weighted by atomic mass is 32.1. The van der Waals surface area contributed by atoms with Crippen molar-refractivity contribution in [2.45, 2.75) is 31.7 Å². The van der Waals surface area contributed by atoms with Gasteiger partial charge in [-0.05, 0) is 17.7 Å². The molecule has 3 rings (SSSR count). The van der Waals surface area contributed by atoms with Gasteiger partial charge in [0, 0.05) is 18.1 Å². The number of thiazole rings is 1. The van der Waals surface area contributed by atoms with E-state index in [1.807, 2.05) is 30.3 Å². The number of carboxylic acids is 2. The molecule has 0 aliphatic carbocycles. The van der Waals surface area contributed by atoms with Gasteiger partial charge in [-0.1, -0.05) is 36.4 Å². The summed E-state index contributed by atoms with van der Waals surface area (Å²) in [4.78, 5) is 77.2. The van der Waals surface area contributed by atoms with Crippen LogP contribution in [0.15, 0.2) is 60.1 Å². The van der Waals surface area contributed by atoms with Gasteiger partial charge in [0.2, 0.25) is 11.8 Å². The van der Waals surface area contributed by atoms with Crippen LogP contribution in [-0.4, -0.2) is 74.6 Å². The smallest absolute Gasteiger partial charge is 0.481 e. The quantitative estimate of drug-likeness (QED) is 0.149. The van der Waals surface area contributed by atoms with E-state index in [0.29, 0.717) is 12.2 Å². The first-order valence-electron chi connectivity index (χ1n) is 12.6. The third kappa shape index (κ3) is 14.0. The van der Waals surface area contributed by atoms with E-state index in [9.17, 15) is 37.1 Å². The van der Waals surface area contributed by atoms with E-state index < -0.39 is 60.9 Å². The van der Waals surface area contributed by atoms with Gasteiger partial charge in [-0.15, -0.1) is 11.3 Å². The molecule has 0 radical (unpaired) electrons. The average molecular weight is 654 g/mol. The first-order valence-corrected chi connectivity index (χ1v) is 13.4. The van der Waals surface area contributed by atoms with Crippen molar-refractivity contribution >= 4 is 52.2 Å². The second kappa shape index (κ2) is 17.5. The lowest BCUT2D eigenvalue weighted by Gasteiger charge is -2.17. The van der Waals surface area contributed by atoms with Gasteiger partial charge in [-0.3, -0.25) is 29.5 Å². The van der Waals surface area contributed by atoms with E-state index in [0.717, 1.165) is 16.9 Å². The predicted molar refractivity (Wildman–Crippen MR) is 151 cm³/mol. The van der Waals surface area contributed by atoms with E-state index in [4.69, 9.17) is 15.0 Å². The number of rotatable bonds is 12. The number of pyridine rings is 1. The molecule has 45 heavy (non-hydrogen) atoms. The number of hydrogen-bond acceptors (Lipinski definition) is 9. The first-order chi connectivity index (χ1) is 21.2. The van der Waals surface area contributed by atoms with E-state index >= 15 is 0 Å². The molecule has 2 heterocycles. The zero-order valence-electron chi connectivity index (χ0n) is 23.0. The van der Waals surface area contributed by atoms with Gasteiger partial charge in [0.15, 0.2) is 5.13 Å². The fourth-order valence-electron chi connectivity index (χ4n) is 3.04. The number of urea groups is 1. The summed E-state index contributed by atoms with van der Waals surface area (Å²) in [7, 11) is 0. The highest BCUT2D eigenvalue weighted by molar-refractivity contribution is 7.14. The van der Waals surface area contributed by atoms with Crippen LogP contribution in [0.25, 0.3) is 0 Å². The summed E-state index contributed by atoms with van der Waals surface area (Å²) in [6.45, 7) is -0.169. The molecule has 0 fully saturated rings. The Morgan fingerprint density at radius 2 is 1.56 bits per heavy atom. The molecule has 2 aromatic heterocycles. The molecule has 0 spiro atoms. The monoisotopic (exact) mass is 653 g/mol. The maximum absolute atomic E-state index is 12.4. The van der Waals surface area contributed by atoms with Crippen LogP contribution in [0, 0.1) is 0 Å². The number of alkyl halides is 3. The zero-order valence-corrected chi connectivity index (χ0v) is 23.8. The minimum atomic E-state index is -5.08. The minimum absolute atomic E-state index is 0.0312. The number of halogens is 3. The SMILES string of the molecule is O=C(O)C(F)(F)F.O=C(O)C[C@H](NC(=O)CNC(=O)c1csc(NC(=O)NCc2ccccc2)n1)C(=O)NCc1ccccn1. The van der Waals surface area contributed by atoms with E-state index in [2.05, 4.69) is 36.6 Å². The summed E-state index contributed by atoms with van der Waals surface area (Å²) in [6, 6.07) is 12.6. The Kier molecular flexibility index (Phi) is 13.9. The number of amides is 5. The number of carbonyl (C=O) groups excluding carboxylic acids is 4. The highest BCUT2D eigenvalue weighted by Gasteiger charge is 2.38. The Hall–Kier alpha value is -5.59. The van der Waals surface area contributed by atoms with Crippen LogP contribution in [0.3, 0.4) is 0 Å². The van der Waals surface area contributed by atoms with Gasteiger partial charge >= 0.3 is 24.1 Å². The number of hydrogen-bond donors (Lipinski definition) is 7. The fourth-order valence-corrected chi connectivity index (χ4v) is 3.72. The molecule has 240 valence electrons. The summed E-state index contributed by atoms with van der Waals surface area (Å²) >= 11 is 1.02. The second-order valence-corrected chi connectivity index (χ2v) is 9.43. The molecule has 5 amide bonds. The Morgan fingerprint density at radius 1 is 0.889 bits per heavy atom. The van der Waals surface area contributed by atoms with Crippen LogP contribution in [0.5, 0.6) is 0 Å². The first kappa shape index (κ1) is 35.6. The van der Waals surface area contributed by atoms with Gasteiger partial charge in [0.05, 0.1) is 25.2 Å². The van der Waals surface area contributed by atoms with E-state index in [-0.39, 0.29) is 17.4 Å². The molecule has 1 aromatic carbocycles. The molecule has 1 atom stereocenters. The Balaban J connectivity index is 0.000000900. The Morgan fingerprint density at radius 3 is 2.16 bits per heavy atom. The summed E-state index contributed by atoms with van der Waals surface area (Å²) in [5.74, 6) is -6.22. The predicted octanol–water partition coefficient (Wildman–Crippen LogP) is 1.50. The maximum Gasteiger partial charge on any atom is 0.490 e. The molecular weight excluding hydrogens is 627 g/mol. The summed E-state index contributed by atoms with van der Waals surface area (Å²) in [5.41, 5.74) is 1.44. The molecule has 7 N–H and O–H groups in total. The summed E-state index contributed by atoms with van der Waals surface area (Å²) < 4.78 is 31.7. The van der Waals surface area contributed by atoms with Gasteiger partial charge in [0.1, 0.15) is 11.7 Å². The molecule has 3 aromatic rings. The van der Waals surface area contributed by atoms with Crippen molar-refractivity contribution in [1.29, 1.82) is 0 Å². The van der Waals surface area contributed by atoms with Crippen molar-refractivity contribution < 1.29 is 52.2 Å². The normalized spacial score (nSPS) is 11.1. The van der Waals surface area contributed by atoms with E-state index in [1.54, 1.807) is 24.4 Å². The Bertz CT molecular complexity index is 1470. The van der Waals surface area contributed by atoms with Crippen LogP contribution < -0.4 is 26.6 Å². The number of carboxylic acid groups (broad SMARTS) is 2. The van der Waals surface area contributed by atoms with Crippen molar-refractivity contribution in [2.24, 2.45) is 0 Å².